The second-order valence-corrected chi connectivity index (χ2v) is 10.8. The Hall–Kier alpha value is -1.34. The van der Waals surface area contributed by atoms with E-state index < -0.39 is 9.52 Å². The maximum absolute atomic E-state index is 12.5. The Morgan fingerprint density at radius 3 is 2.72 bits per heavy atom. The lowest BCUT2D eigenvalue weighted by Gasteiger charge is -2.32. The Bertz CT molecular complexity index is 739. The molecule has 0 unspecified atom stereocenters. The molecule has 4 rings (SSSR count). The molecule has 7 heteroatoms. The van der Waals surface area contributed by atoms with E-state index in [4.69, 9.17) is 4.52 Å². The highest BCUT2D eigenvalue weighted by Crippen LogP contribution is 2.40. The van der Waals surface area contributed by atoms with Crippen LogP contribution in [0.25, 0.3) is 0 Å². The lowest BCUT2D eigenvalue weighted by molar-refractivity contribution is 0.0921. The summed E-state index contributed by atoms with van der Waals surface area (Å²) in [7, 11) is -1.84. The molecule has 0 spiro atoms. The maximum atomic E-state index is 12.5. The molecule has 25 heavy (non-hydrogen) atoms. The van der Waals surface area contributed by atoms with Gasteiger partial charge in [0.2, 0.25) is 0 Å². The zero-order valence-corrected chi connectivity index (χ0v) is 15.6. The molecular weight excluding hydrogens is 338 g/mol. The van der Waals surface area contributed by atoms with Gasteiger partial charge in [0, 0.05) is 48.7 Å². The highest BCUT2D eigenvalue weighted by molar-refractivity contribution is 8.00. The molecule has 3 aliphatic rings. The highest BCUT2D eigenvalue weighted by Gasteiger charge is 2.36. The van der Waals surface area contributed by atoms with Crippen molar-refractivity contribution in [3.63, 3.8) is 0 Å². The number of hydrogen-bond acceptors (Lipinski definition) is 5. The van der Waals surface area contributed by atoms with Crippen LogP contribution < -0.4 is 5.32 Å². The van der Waals surface area contributed by atoms with Gasteiger partial charge in [0.05, 0.1) is 0 Å². The van der Waals surface area contributed by atoms with Gasteiger partial charge < -0.3 is 9.84 Å². The van der Waals surface area contributed by atoms with Crippen molar-refractivity contribution in [1.29, 1.82) is 0 Å². The molecule has 1 aliphatic carbocycles. The van der Waals surface area contributed by atoms with Gasteiger partial charge in [-0.2, -0.15) is 0 Å². The molecule has 0 aromatic carbocycles. The molecule has 1 N–H and O–H groups in total. The molecule has 1 saturated carbocycles. The molecule has 0 radical (unpaired) electrons. The summed E-state index contributed by atoms with van der Waals surface area (Å²) in [5.74, 6) is 6.85. The summed E-state index contributed by atoms with van der Waals surface area (Å²) in [5, 5.41) is 7.06. The molecule has 1 amide bonds. The fourth-order valence-electron chi connectivity index (χ4n) is 4.00. The van der Waals surface area contributed by atoms with Crippen LogP contribution in [0.3, 0.4) is 0 Å². The van der Waals surface area contributed by atoms with Crippen LogP contribution >= 0.6 is 0 Å². The number of rotatable bonds is 4. The van der Waals surface area contributed by atoms with E-state index in [0.717, 1.165) is 56.0 Å². The topological polar surface area (TPSA) is 75.4 Å². The van der Waals surface area contributed by atoms with Gasteiger partial charge >= 0.3 is 0 Å². The van der Waals surface area contributed by atoms with Gasteiger partial charge in [-0.3, -0.25) is 13.9 Å². The van der Waals surface area contributed by atoms with Crippen molar-refractivity contribution in [2.24, 2.45) is 5.92 Å². The Morgan fingerprint density at radius 1 is 1.32 bits per heavy atom. The molecule has 138 valence electrons. The van der Waals surface area contributed by atoms with Gasteiger partial charge in [-0.05, 0) is 47.0 Å². The van der Waals surface area contributed by atoms with Crippen LogP contribution in [0.2, 0.25) is 0 Å². The number of carbonyl (C=O) groups is 1. The molecule has 6 nitrogen and oxygen atoms in total. The Kier molecular flexibility index (Phi) is 4.40. The van der Waals surface area contributed by atoms with E-state index in [9.17, 15) is 9.00 Å². The summed E-state index contributed by atoms with van der Waals surface area (Å²) in [4.78, 5) is 14.9. The van der Waals surface area contributed by atoms with E-state index in [-0.39, 0.29) is 11.9 Å². The molecule has 2 saturated heterocycles. The summed E-state index contributed by atoms with van der Waals surface area (Å²) in [5.41, 5.74) is 0.391. The third-order valence-electron chi connectivity index (χ3n) is 5.86. The maximum Gasteiger partial charge on any atom is 0.273 e. The normalized spacial score (nSPS) is 36.4. The van der Waals surface area contributed by atoms with Crippen LogP contribution in [0.4, 0.5) is 0 Å². The Morgan fingerprint density at radius 2 is 2.04 bits per heavy atom. The number of amides is 1. The molecule has 1 aromatic rings. The summed E-state index contributed by atoms with van der Waals surface area (Å²) < 4.78 is 17.3. The number of nitrogens with zero attached hydrogens (tertiary/aromatic N) is 2. The third-order valence-corrected chi connectivity index (χ3v) is 7.82. The molecule has 2 atom stereocenters. The fraction of sp³-hybridized carbons (Fsp3) is 0.722. The molecule has 0 bridgehead atoms. The van der Waals surface area contributed by atoms with Gasteiger partial charge in [-0.25, -0.2) is 0 Å². The molecular formula is C18H27N3O3S. The van der Waals surface area contributed by atoms with Crippen LogP contribution in [0.5, 0.6) is 0 Å². The van der Waals surface area contributed by atoms with E-state index in [1.165, 1.54) is 0 Å². The SMILES string of the molecule is C=S1(=O)CCC(N2C[C@@H](C)[C@H](NC(=O)c3cc(C4CC4)on3)C2)CC1. The summed E-state index contributed by atoms with van der Waals surface area (Å²) in [6.07, 6.45) is 4.16. The number of likely N-dealkylation sites (tertiary alicyclic amines) is 1. The van der Waals surface area contributed by atoms with Crippen molar-refractivity contribution in [2.75, 3.05) is 24.6 Å². The van der Waals surface area contributed by atoms with Gasteiger partial charge in [0.15, 0.2) is 5.69 Å². The van der Waals surface area contributed by atoms with Crippen molar-refractivity contribution in [1.82, 2.24) is 15.4 Å². The predicted molar refractivity (Wildman–Crippen MR) is 98.5 cm³/mol. The third kappa shape index (κ3) is 3.77. The zero-order chi connectivity index (χ0) is 17.6. The minimum atomic E-state index is -1.84. The lowest BCUT2D eigenvalue weighted by Crippen LogP contribution is -2.43. The molecule has 3 fully saturated rings. The van der Waals surface area contributed by atoms with Crippen LogP contribution in [0.1, 0.15) is 54.8 Å². The Balaban J connectivity index is 1.34. The number of carbonyl (C=O) groups excluding carboxylic acids is 1. The van der Waals surface area contributed by atoms with Crippen LogP contribution in [0, 0.1) is 5.92 Å². The second kappa shape index (κ2) is 6.43. The number of aromatic nitrogens is 1. The van der Waals surface area contributed by atoms with Gasteiger partial charge in [0.1, 0.15) is 5.76 Å². The minimum Gasteiger partial charge on any atom is -0.360 e. The van der Waals surface area contributed by atoms with E-state index in [0.29, 0.717) is 23.6 Å². The van der Waals surface area contributed by atoms with Gasteiger partial charge in [-0.1, -0.05) is 12.1 Å². The summed E-state index contributed by atoms with van der Waals surface area (Å²) in [6.45, 7) is 4.00. The zero-order valence-electron chi connectivity index (χ0n) is 14.8. The molecule has 1 aromatic heterocycles. The summed E-state index contributed by atoms with van der Waals surface area (Å²) >= 11 is 0. The molecule has 3 heterocycles. The Labute approximate surface area is 149 Å². The average Bonchev–Trinajstić information content (AvgIpc) is 3.18. The smallest absolute Gasteiger partial charge is 0.273 e. The number of hydrogen-bond donors (Lipinski definition) is 1. The quantitative estimate of drug-likeness (QED) is 0.818. The van der Waals surface area contributed by atoms with E-state index in [1.54, 1.807) is 6.07 Å². The standard InChI is InChI=1S/C18H27N3O3S/c1-12-10-21(14-5-7-25(2,23)8-6-14)11-16(12)19-18(22)15-9-17(24-20-15)13-3-4-13/h9,12-14,16H,2-8,10-11H2,1H3,(H,19,22)/t12-,14?,16-,25?/m1/s1. The van der Waals surface area contributed by atoms with Crippen molar-refractivity contribution in [3.05, 3.63) is 17.5 Å². The fourth-order valence-corrected chi connectivity index (χ4v) is 5.61. The number of nitrogens with one attached hydrogen (secondary N) is 1. The first-order valence-corrected chi connectivity index (χ1v) is 11.3. The first kappa shape index (κ1) is 17.1. The van der Waals surface area contributed by atoms with Crippen LogP contribution in [-0.4, -0.2) is 62.7 Å². The largest absolute Gasteiger partial charge is 0.360 e. The van der Waals surface area contributed by atoms with E-state index >= 15 is 0 Å². The summed E-state index contributed by atoms with van der Waals surface area (Å²) in [6, 6.07) is 2.38. The van der Waals surface area contributed by atoms with Gasteiger partial charge in [0.25, 0.3) is 5.91 Å². The van der Waals surface area contributed by atoms with Crippen LogP contribution in [-0.2, 0) is 9.52 Å². The average molecular weight is 365 g/mol. The van der Waals surface area contributed by atoms with Crippen LogP contribution in [0.15, 0.2) is 10.6 Å². The monoisotopic (exact) mass is 365 g/mol. The van der Waals surface area contributed by atoms with Crippen molar-refractivity contribution >= 4 is 21.3 Å². The second-order valence-electron chi connectivity index (χ2n) is 8.01. The van der Waals surface area contributed by atoms with Crippen molar-refractivity contribution in [3.8, 4) is 0 Å². The van der Waals surface area contributed by atoms with E-state index in [2.05, 4.69) is 28.2 Å². The lowest BCUT2D eigenvalue weighted by atomic mass is 10.1. The van der Waals surface area contributed by atoms with Crippen molar-refractivity contribution < 1.29 is 13.5 Å². The van der Waals surface area contributed by atoms with Crippen molar-refractivity contribution in [2.45, 2.75) is 50.6 Å². The van der Waals surface area contributed by atoms with Gasteiger partial charge in [-0.15, -0.1) is 0 Å². The molecule has 2 aliphatic heterocycles. The first-order chi connectivity index (χ1) is 11.9. The predicted octanol–water partition coefficient (Wildman–Crippen LogP) is 1.48. The first-order valence-electron chi connectivity index (χ1n) is 9.25. The minimum absolute atomic E-state index is 0.125. The highest BCUT2D eigenvalue weighted by atomic mass is 32.2. The van der Waals surface area contributed by atoms with E-state index in [1.807, 2.05) is 0 Å².